The molecule has 1 saturated heterocycles. The predicted molar refractivity (Wildman–Crippen MR) is 124 cm³/mol. The molecule has 0 aliphatic carbocycles. The van der Waals surface area contributed by atoms with E-state index in [1.807, 2.05) is 10.8 Å². The molecule has 2 aromatic heterocycles. The summed E-state index contributed by atoms with van der Waals surface area (Å²) in [5.41, 5.74) is 1.22. The van der Waals surface area contributed by atoms with E-state index in [0.29, 0.717) is 37.3 Å². The SMILES string of the molecule is C[Si](C)(C)CCOCn1ccc2nc(NC(=O)NC3CCCN(C(=O)CC(F)(F)F)C3)cnc21. The van der Waals surface area contributed by atoms with Crippen LogP contribution >= 0.6 is 0 Å². The average Bonchev–Trinajstić information content (AvgIpc) is 3.11. The normalized spacial score (nSPS) is 17.1. The minimum Gasteiger partial charge on any atom is -0.361 e. The number of aromatic nitrogens is 3. The molecule has 9 nitrogen and oxygen atoms in total. The molecule has 13 heteroatoms. The Kier molecular flexibility index (Phi) is 8.18. The largest absolute Gasteiger partial charge is 0.397 e. The Morgan fingerprint density at radius 1 is 1.29 bits per heavy atom. The van der Waals surface area contributed by atoms with Gasteiger partial charge in [-0.2, -0.15) is 13.2 Å². The van der Waals surface area contributed by atoms with Crippen molar-refractivity contribution in [3.63, 3.8) is 0 Å². The van der Waals surface area contributed by atoms with Crippen LogP contribution in [0.1, 0.15) is 19.3 Å². The lowest BCUT2D eigenvalue weighted by Crippen LogP contribution is -2.51. The predicted octanol–water partition coefficient (Wildman–Crippen LogP) is 3.81. The van der Waals surface area contributed by atoms with Gasteiger partial charge in [0.2, 0.25) is 5.91 Å². The zero-order chi connectivity index (χ0) is 24.9. The molecule has 1 aliphatic heterocycles. The standard InChI is InChI=1S/C21H31F3N6O3Si/c1-34(2,3)10-9-33-14-30-8-6-16-19(30)25-12-17(27-16)28-20(32)26-15-5-4-7-29(13-15)18(31)11-21(22,23)24/h6,8,12,15H,4-5,7,9-11,13-14H2,1-3H3,(H2,26,27,28,32). The number of alkyl halides is 3. The van der Waals surface area contributed by atoms with Gasteiger partial charge in [-0.1, -0.05) is 19.6 Å². The van der Waals surface area contributed by atoms with E-state index in [0.717, 1.165) is 10.9 Å². The Labute approximate surface area is 197 Å². The number of halogens is 3. The molecule has 0 spiro atoms. The van der Waals surface area contributed by atoms with Crippen LogP contribution < -0.4 is 10.6 Å². The second kappa shape index (κ2) is 10.7. The highest BCUT2D eigenvalue weighted by Crippen LogP contribution is 2.22. The maximum absolute atomic E-state index is 12.5. The van der Waals surface area contributed by atoms with Gasteiger partial charge in [0.25, 0.3) is 0 Å². The van der Waals surface area contributed by atoms with Crippen LogP contribution in [0.2, 0.25) is 25.7 Å². The quantitative estimate of drug-likeness (QED) is 0.424. The molecular weight excluding hydrogens is 469 g/mol. The Hall–Kier alpha value is -2.67. The summed E-state index contributed by atoms with van der Waals surface area (Å²) in [6, 6.07) is 1.84. The van der Waals surface area contributed by atoms with Crippen molar-refractivity contribution < 1.29 is 27.5 Å². The molecule has 2 aromatic rings. The number of fused-ring (bicyclic) bond motifs is 1. The first-order valence-electron chi connectivity index (χ1n) is 11.2. The van der Waals surface area contributed by atoms with E-state index >= 15 is 0 Å². The molecule has 3 amide bonds. The number of carbonyl (C=O) groups is 2. The highest BCUT2D eigenvalue weighted by Gasteiger charge is 2.35. The van der Waals surface area contributed by atoms with Gasteiger partial charge in [0.05, 0.1) is 6.20 Å². The summed E-state index contributed by atoms with van der Waals surface area (Å²) in [7, 11) is -1.16. The fraction of sp³-hybridized carbons (Fsp3) is 0.619. The maximum Gasteiger partial charge on any atom is 0.397 e. The molecule has 0 radical (unpaired) electrons. The number of likely N-dealkylation sites (tertiary alicyclic amines) is 1. The lowest BCUT2D eigenvalue weighted by Gasteiger charge is -2.33. The summed E-state index contributed by atoms with van der Waals surface area (Å²) in [6.07, 6.45) is -1.73. The number of hydrogen-bond donors (Lipinski definition) is 2. The van der Waals surface area contributed by atoms with Crippen molar-refractivity contribution in [3.8, 4) is 0 Å². The number of rotatable bonds is 8. The fourth-order valence-electron chi connectivity index (χ4n) is 3.61. The number of ether oxygens (including phenoxy) is 1. The minimum absolute atomic E-state index is 0.0353. The highest BCUT2D eigenvalue weighted by molar-refractivity contribution is 6.76. The zero-order valence-electron chi connectivity index (χ0n) is 19.6. The molecule has 1 aliphatic rings. The van der Waals surface area contributed by atoms with E-state index in [9.17, 15) is 22.8 Å². The molecule has 1 atom stereocenters. The number of urea groups is 1. The summed E-state index contributed by atoms with van der Waals surface area (Å²) in [6.45, 7) is 8.19. The third-order valence-corrected chi connectivity index (χ3v) is 7.10. The van der Waals surface area contributed by atoms with Crippen molar-refractivity contribution in [1.29, 1.82) is 0 Å². The maximum atomic E-state index is 12.5. The molecule has 0 bridgehead atoms. The molecule has 188 valence electrons. The van der Waals surface area contributed by atoms with E-state index in [4.69, 9.17) is 4.74 Å². The lowest BCUT2D eigenvalue weighted by molar-refractivity contribution is -0.162. The lowest BCUT2D eigenvalue weighted by atomic mass is 10.1. The number of nitrogens with zero attached hydrogens (tertiary/aromatic N) is 4. The van der Waals surface area contributed by atoms with Crippen molar-refractivity contribution in [2.45, 2.75) is 63.9 Å². The smallest absolute Gasteiger partial charge is 0.361 e. The number of hydrogen-bond acceptors (Lipinski definition) is 5. The number of carbonyl (C=O) groups excluding carboxylic acids is 2. The van der Waals surface area contributed by atoms with Crippen molar-refractivity contribution in [2.75, 3.05) is 25.0 Å². The molecule has 34 heavy (non-hydrogen) atoms. The molecule has 0 aromatic carbocycles. The van der Waals surface area contributed by atoms with Gasteiger partial charge in [-0.3, -0.25) is 10.1 Å². The van der Waals surface area contributed by atoms with Crippen LogP contribution in [0.4, 0.5) is 23.8 Å². The Morgan fingerprint density at radius 2 is 2.06 bits per heavy atom. The van der Waals surface area contributed by atoms with Crippen LogP contribution in [0.5, 0.6) is 0 Å². The molecular formula is C21H31F3N6O3Si. The molecule has 3 rings (SSSR count). The van der Waals surface area contributed by atoms with E-state index in [2.05, 4.69) is 40.2 Å². The molecule has 1 fully saturated rings. The van der Waals surface area contributed by atoms with Crippen LogP contribution in [0, 0.1) is 0 Å². The second-order valence-corrected chi connectivity index (χ2v) is 15.3. The van der Waals surface area contributed by atoms with Gasteiger partial charge in [0.1, 0.15) is 18.7 Å². The Bertz CT molecular complexity index is 1010. The first kappa shape index (κ1) is 25.9. The first-order valence-corrected chi connectivity index (χ1v) is 14.9. The summed E-state index contributed by atoms with van der Waals surface area (Å²) in [5.74, 6) is -0.743. The van der Waals surface area contributed by atoms with Crippen LogP contribution in [-0.4, -0.2) is 71.4 Å². The summed E-state index contributed by atoms with van der Waals surface area (Å²) < 4.78 is 45.1. The van der Waals surface area contributed by atoms with Crippen LogP contribution in [0.3, 0.4) is 0 Å². The minimum atomic E-state index is -4.55. The van der Waals surface area contributed by atoms with Crippen molar-refractivity contribution in [3.05, 3.63) is 18.5 Å². The highest BCUT2D eigenvalue weighted by atomic mass is 28.3. The third kappa shape index (κ3) is 7.97. The topological polar surface area (TPSA) is 101 Å². The number of amides is 3. The summed E-state index contributed by atoms with van der Waals surface area (Å²) in [5, 5.41) is 5.30. The van der Waals surface area contributed by atoms with Crippen molar-refractivity contribution in [2.24, 2.45) is 0 Å². The van der Waals surface area contributed by atoms with Crippen molar-refractivity contribution in [1.82, 2.24) is 24.8 Å². The monoisotopic (exact) mass is 500 g/mol. The Morgan fingerprint density at radius 3 is 2.76 bits per heavy atom. The molecule has 1 unspecified atom stereocenters. The zero-order valence-corrected chi connectivity index (χ0v) is 20.6. The van der Waals surface area contributed by atoms with Crippen LogP contribution in [0.25, 0.3) is 11.2 Å². The first-order chi connectivity index (χ1) is 15.9. The number of nitrogens with one attached hydrogen (secondary N) is 2. The van der Waals surface area contributed by atoms with E-state index in [-0.39, 0.29) is 18.9 Å². The molecule has 2 N–H and O–H groups in total. The van der Waals surface area contributed by atoms with Gasteiger partial charge in [-0.05, 0) is 25.0 Å². The fourth-order valence-corrected chi connectivity index (χ4v) is 4.37. The Balaban J connectivity index is 1.51. The third-order valence-electron chi connectivity index (χ3n) is 5.39. The van der Waals surface area contributed by atoms with E-state index in [1.165, 1.54) is 6.20 Å². The summed E-state index contributed by atoms with van der Waals surface area (Å²) in [4.78, 5) is 34.1. The van der Waals surface area contributed by atoms with Gasteiger partial charge < -0.3 is 19.5 Å². The van der Waals surface area contributed by atoms with Gasteiger partial charge >= 0.3 is 12.2 Å². The number of piperidine rings is 1. The van der Waals surface area contributed by atoms with E-state index < -0.39 is 38.7 Å². The van der Waals surface area contributed by atoms with Crippen LogP contribution in [0.15, 0.2) is 18.5 Å². The van der Waals surface area contributed by atoms with Gasteiger partial charge in [0.15, 0.2) is 11.5 Å². The second-order valence-electron chi connectivity index (χ2n) is 9.67. The average molecular weight is 501 g/mol. The number of anilines is 1. The van der Waals surface area contributed by atoms with E-state index in [1.54, 1.807) is 6.07 Å². The molecule has 0 saturated carbocycles. The van der Waals surface area contributed by atoms with Gasteiger partial charge in [0, 0.05) is 40.0 Å². The van der Waals surface area contributed by atoms with Crippen LogP contribution in [-0.2, 0) is 16.3 Å². The van der Waals surface area contributed by atoms with Crippen molar-refractivity contribution >= 4 is 37.0 Å². The molecule has 3 heterocycles. The summed E-state index contributed by atoms with van der Waals surface area (Å²) >= 11 is 0. The van der Waals surface area contributed by atoms with Gasteiger partial charge in [-0.15, -0.1) is 0 Å². The van der Waals surface area contributed by atoms with Gasteiger partial charge in [-0.25, -0.2) is 14.8 Å².